The first-order valence-corrected chi connectivity index (χ1v) is 9.45. The highest BCUT2D eigenvalue weighted by Crippen LogP contribution is 2.36. The summed E-state index contributed by atoms with van der Waals surface area (Å²) >= 11 is 6.43. The van der Waals surface area contributed by atoms with Gasteiger partial charge in [-0.1, -0.05) is 23.7 Å². The minimum absolute atomic E-state index is 0.609. The van der Waals surface area contributed by atoms with E-state index in [1.165, 1.54) is 0 Å². The van der Waals surface area contributed by atoms with Crippen molar-refractivity contribution in [3.63, 3.8) is 0 Å². The summed E-state index contributed by atoms with van der Waals surface area (Å²) in [5.41, 5.74) is 4.27. The van der Waals surface area contributed by atoms with E-state index < -0.39 is 0 Å². The Bertz CT molecular complexity index is 1200. The molecule has 2 aromatic heterocycles. The molecule has 0 unspecified atom stereocenters. The zero-order chi connectivity index (χ0) is 20.7. The molecule has 0 aliphatic carbocycles. The number of hydrogen-bond donors (Lipinski definition) is 1. The van der Waals surface area contributed by atoms with Gasteiger partial charge in [0.2, 0.25) is 5.95 Å². The Hall–Kier alpha value is -3.19. The molecule has 0 fully saturated rings. The molecular weight excluding hydrogens is 390 g/mol. The van der Waals surface area contributed by atoms with Gasteiger partial charge in [-0.15, -0.1) is 0 Å². The lowest BCUT2D eigenvalue weighted by molar-refractivity contribution is 0.355. The van der Waals surface area contributed by atoms with Crippen molar-refractivity contribution in [1.82, 2.24) is 14.4 Å². The number of imidazole rings is 1. The quantitative estimate of drug-likeness (QED) is 0.514. The number of nitrogens with one attached hydrogen (secondary N) is 1. The second kappa shape index (κ2) is 7.33. The number of anilines is 3. The second-order valence-electron chi connectivity index (χ2n) is 6.89. The lowest BCUT2D eigenvalue weighted by Crippen LogP contribution is -2.13. The normalized spacial score (nSPS) is 11.1. The van der Waals surface area contributed by atoms with Crippen LogP contribution < -0.4 is 19.7 Å². The Kier molecular flexibility index (Phi) is 4.84. The summed E-state index contributed by atoms with van der Waals surface area (Å²) in [6.07, 6.45) is 1.80. The van der Waals surface area contributed by atoms with Crippen molar-refractivity contribution in [2.75, 3.05) is 38.5 Å². The minimum atomic E-state index is 0.609. The van der Waals surface area contributed by atoms with Gasteiger partial charge < -0.3 is 19.7 Å². The number of rotatable bonds is 5. The van der Waals surface area contributed by atoms with Gasteiger partial charge in [0.15, 0.2) is 17.3 Å². The highest BCUT2D eigenvalue weighted by molar-refractivity contribution is 6.33. The van der Waals surface area contributed by atoms with Crippen LogP contribution in [0, 0.1) is 6.92 Å². The smallest absolute Gasteiger partial charge is 0.210 e. The van der Waals surface area contributed by atoms with Gasteiger partial charge in [0.25, 0.3) is 0 Å². The number of aryl methyl sites for hydroxylation is 1. The van der Waals surface area contributed by atoms with Gasteiger partial charge >= 0.3 is 0 Å². The van der Waals surface area contributed by atoms with Crippen molar-refractivity contribution in [2.45, 2.75) is 6.92 Å². The number of para-hydroxylation sites is 1. The van der Waals surface area contributed by atoms with Gasteiger partial charge in [-0.05, 0) is 18.6 Å². The number of benzene rings is 2. The van der Waals surface area contributed by atoms with Gasteiger partial charge in [0.1, 0.15) is 5.52 Å². The van der Waals surface area contributed by atoms with E-state index in [2.05, 4.69) is 10.3 Å². The molecule has 150 valence electrons. The van der Waals surface area contributed by atoms with Crippen molar-refractivity contribution < 1.29 is 9.47 Å². The third-order valence-corrected chi connectivity index (χ3v) is 5.12. The van der Waals surface area contributed by atoms with Crippen LogP contribution in [0.1, 0.15) is 5.56 Å². The fourth-order valence-corrected chi connectivity index (χ4v) is 3.64. The van der Waals surface area contributed by atoms with E-state index in [0.717, 1.165) is 33.7 Å². The molecule has 1 N–H and O–H groups in total. The second-order valence-corrected chi connectivity index (χ2v) is 7.29. The van der Waals surface area contributed by atoms with Crippen LogP contribution in [0.5, 0.6) is 11.5 Å². The summed E-state index contributed by atoms with van der Waals surface area (Å²) in [5, 5.41) is 4.03. The van der Waals surface area contributed by atoms with Gasteiger partial charge in [0, 0.05) is 26.2 Å². The van der Waals surface area contributed by atoms with Crippen molar-refractivity contribution in [1.29, 1.82) is 0 Å². The molecule has 0 aliphatic heterocycles. The van der Waals surface area contributed by atoms with Crippen LogP contribution in [0.3, 0.4) is 0 Å². The molecule has 0 saturated heterocycles. The monoisotopic (exact) mass is 411 g/mol. The molecule has 8 heteroatoms. The van der Waals surface area contributed by atoms with Gasteiger partial charge in [-0.3, -0.25) is 4.40 Å². The molecule has 0 spiro atoms. The van der Waals surface area contributed by atoms with E-state index in [0.29, 0.717) is 22.3 Å². The summed E-state index contributed by atoms with van der Waals surface area (Å²) < 4.78 is 13.0. The van der Waals surface area contributed by atoms with E-state index in [9.17, 15) is 0 Å². The number of methoxy groups -OCH3 is 2. The third kappa shape index (κ3) is 3.17. The predicted octanol–water partition coefficient (Wildman–Crippen LogP) is 4.67. The standard InChI is InChI=1S/C21H22ClN5O2/c1-12-7-6-8-13(22)19(12)25-20-16-11-23-21(26(2)3)27(16)15-10-18(29-5)17(28-4)9-14(15)24-20/h6-11H,1-5H3,(H,24,25). The summed E-state index contributed by atoms with van der Waals surface area (Å²) in [6, 6.07) is 9.55. The summed E-state index contributed by atoms with van der Waals surface area (Å²) in [7, 11) is 7.13. The molecule has 2 aromatic carbocycles. The Morgan fingerprint density at radius 2 is 1.79 bits per heavy atom. The molecule has 0 aliphatic rings. The number of nitrogens with zero attached hydrogens (tertiary/aromatic N) is 4. The number of fused-ring (bicyclic) bond motifs is 3. The van der Waals surface area contributed by atoms with Crippen molar-refractivity contribution >= 4 is 45.6 Å². The Labute approximate surface area is 173 Å². The maximum absolute atomic E-state index is 6.43. The average Bonchev–Trinajstić information content (AvgIpc) is 3.15. The number of hydrogen-bond acceptors (Lipinski definition) is 6. The Balaban J connectivity index is 2.04. The van der Waals surface area contributed by atoms with E-state index >= 15 is 0 Å². The predicted molar refractivity (Wildman–Crippen MR) is 117 cm³/mol. The van der Waals surface area contributed by atoms with Crippen LogP contribution in [-0.4, -0.2) is 42.7 Å². The van der Waals surface area contributed by atoms with Crippen LogP contribution in [0.15, 0.2) is 36.5 Å². The van der Waals surface area contributed by atoms with Gasteiger partial charge in [-0.2, -0.15) is 0 Å². The molecule has 7 nitrogen and oxygen atoms in total. The van der Waals surface area contributed by atoms with Crippen LogP contribution in [-0.2, 0) is 0 Å². The highest BCUT2D eigenvalue weighted by Gasteiger charge is 2.18. The minimum Gasteiger partial charge on any atom is -0.493 e. The first-order chi connectivity index (χ1) is 13.9. The molecule has 29 heavy (non-hydrogen) atoms. The van der Waals surface area contributed by atoms with Crippen molar-refractivity contribution in [3.05, 3.63) is 47.1 Å². The lowest BCUT2D eigenvalue weighted by atomic mass is 10.2. The molecular formula is C21H22ClN5O2. The summed E-state index contributed by atoms with van der Waals surface area (Å²) in [6.45, 7) is 2.00. The summed E-state index contributed by atoms with van der Waals surface area (Å²) in [4.78, 5) is 11.4. The molecule has 4 rings (SSSR count). The molecule has 0 saturated carbocycles. The fourth-order valence-electron chi connectivity index (χ4n) is 3.37. The Morgan fingerprint density at radius 3 is 2.45 bits per heavy atom. The first kappa shape index (κ1) is 19.1. The molecule has 0 amide bonds. The van der Waals surface area contributed by atoms with Crippen LogP contribution in [0.25, 0.3) is 16.6 Å². The van der Waals surface area contributed by atoms with Gasteiger partial charge in [-0.25, -0.2) is 9.97 Å². The average molecular weight is 412 g/mol. The fraction of sp³-hybridized carbons (Fsp3) is 0.238. The maximum Gasteiger partial charge on any atom is 0.210 e. The molecule has 0 atom stereocenters. The first-order valence-electron chi connectivity index (χ1n) is 9.07. The van der Waals surface area contributed by atoms with Crippen LogP contribution in [0.2, 0.25) is 5.02 Å². The zero-order valence-corrected chi connectivity index (χ0v) is 17.7. The van der Waals surface area contributed by atoms with E-state index in [1.807, 2.05) is 60.7 Å². The van der Waals surface area contributed by atoms with E-state index in [-0.39, 0.29) is 0 Å². The Morgan fingerprint density at radius 1 is 1.07 bits per heavy atom. The molecule has 0 bridgehead atoms. The van der Waals surface area contributed by atoms with E-state index in [1.54, 1.807) is 20.4 Å². The lowest BCUT2D eigenvalue weighted by Gasteiger charge is -2.17. The molecule has 0 radical (unpaired) electrons. The largest absolute Gasteiger partial charge is 0.493 e. The summed E-state index contributed by atoms with van der Waals surface area (Å²) in [5.74, 6) is 2.67. The third-order valence-electron chi connectivity index (χ3n) is 4.81. The zero-order valence-electron chi connectivity index (χ0n) is 16.9. The van der Waals surface area contributed by atoms with Crippen molar-refractivity contribution in [2.24, 2.45) is 0 Å². The van der Waals surface area contributed by atoms with Crippen LogP contribution >= 0.6 is 11.6 Å². The van der Waals surface area contributed by atoms with E-state index in [4.69, 9.17) is 26.1 Å². The number of aromatic nitrogens is 3. The molecule has 4 aromatic rings. The highest BCUT2D eigenvalue weighted by atomic mass is 35.5. The van der Waals surface area contributed by atoms with Crippen LogP contribution in [0.4, 0.5) is 17.5 Å². The molecule has 2 heterocycles. The maximum atomic E-state index is 6.43. The number of ether oxygens (including phenoxy) is 2. The number of halogens is 1. The SMILES string of the molecule is COc1cc2nc(Nc3c(C)cccc3Cl)c3cnc(N(C)C)n3c2cc1OC. The van der Waals surface area contributed by atoms with Gasteiger partial charge in [0.05, 0.1) is 42.2 Å². The van der Waals surface area contributed by atoms with Crippen molar-refractivity contribution in [3.8, 4) is 11.5 Å². The topological polar surface area (TPSA) is 63.9 Å².